The summed E-state index contributed by atoms with van der Waals surface area (Å²) in [6, 6.07) is 5.05. The van der Waals surface area contributed by atoms with E-state index in [1.165, 1.54) is 48.1 Å². The number of anilines is 4. The van der Waals surface area contributed by atoms with Gasteiger partial charge in [0.2, 0.25) is 5.95 Å². The number of carbonyl (C=O) groups excluding carboxylic acids is 1. The van der Waals surface area contributed by atoms with E-state index in [1.54, 1.807) is 6.20 Å². The van der Waals surface area contributed by atoms with Crippen LogP contribution in [0.5, 0.6) is 5.75 Å². The first-order valence-corrected chi connectivity index (χ1v) is 15.4. The van der Waals surface area contributed by atoms with E-state index in [-0.39, 0.29) is 58.5 Å². The lowest BCUT2D eigenvalue weighted by Crippen LogP contribution is -2.18. The van der Waals surface area contributed by atoms with Crippen molar-refractivity contribution in [1.29, 1.82) is 0 Å². The Morgan fingerprint density at radius 2 is 1.87 bits per heavy atom. The summed E-state index contributed by atoms with van der Waals surface area (Å²) in [5.41, 5.74) is -0.468. The fourth-order valence-electron chi connectivity index (χ4n) is 5.03. The number of hydrogen-bond donors (Lipinski definition) is 5. The minimum Gasteiger partial charge on any atom is -0.495 e. The van der Waals surface area contributed by atoms with Gasteiger partial charge >= 0.3 is 13.8 Å². The molecule has 1 aliphatic rings. The monoisotopic (exact) mass is 665 g/mol. The standard InChI is InChI=1S/C28H28F4N7O6P/c1-38-13-17-23(16-10-34-39(12-16)6-3-7-40)19(29)9-21(24(17)26(38)41)35-25-18(28(30,31)32)11-33-27(37-25)36-20-5-4-15(8-22(20)45-2)14-46(42,43)44/h4-5,8-12,40H,3,6-7,13-14H2,1-2H3,(H2,42,43,44)(H2,33,35,36,37). The molecule has 0 saturated heterocycles. The van der Waals surface area contributed by atoms with Crippen LogP contribution in [-0.2, 0) is 30.0 Å². The first-order chi connectivity index (χ1) is 21.7. The Kier molecular flexibility index (Phi) is 9.04. The summed E-state index contributed by atoms with van der Waals surface area (Å²) in [6.45, 7) is 0.281. The van der Waals surface area contributed by atoms with Gasteiger partial charge in [0.05, 0.1) is 36.4 Å². The summed E-state index contributed by atoms with van der Waals surface area (Å²) >= 11 is 0. The molecule has 244 valence electrons. The molecule has 0 atom stereocenters. The number of methoxy groups -OCH3 is 1. The van der Waals surface area contributed by atoms with Gasteiger partial charge in [-0.15, -0.1) is 0 Å². The van der Waals surface area contributed by atoms with Crippen molar-refractivity contribution in [2.45, 2.75) is 31.8 Å². The molecule has 2 aromatic carbocycles. The Morgan fingerprint density at radius 3 is 2.54 bits per heavy atom. The molecule has 0 bridgehead atoms. The second kappa shape index (κ2) is 12.7. The van der Waals surface area contributed by atoms with Crippen molar-refractivity contribution in [2.24, 2.45) is 0 Å². The number of rotatable bonds is 11. The van der Waals surface area contributed by atoms with Gasteiger partial charge in [0.1, 0.15) is 22.9 Å². The lowest BCUT2D eigenvalue weighted by Gasteiger charge is -2.18. The summed E-state index contributed by atoms with van der Waals surface area (Å²) in [4.78, 5) is 40.8. The minimum absolute atomic E-state index is 0.0156. The first kappa shape index (κ1) is 32.8. The summed E-state index contributed by atoms with van der Waals surface area (Å²) in [5, 5.41) is 18.5. The maximum atomic E-state index is 15.8. The predicted molar refractivity (Wildman–Crippen MR) is 157 cm³/mol. The quantitative estimate of drug-likeness (QED) is 0.112. The SMILES string of the molecule is COc1cc(CP(=O)(O)O)ccc1Nc1ncc(C(F)(F)F)c(Nc2cc(F)c(-c3cnn(CCCO)c3)c3c2C(=O)N(C)C3)n1. The van der Waals surface area contributed by atoms with E-state index in [9.17, 15) is 32.3 Å². The minimum atomic E-state index is -4.94. The molecule has 1 amide bonds. The number of alkyl halides is 3. The van der Waals surface area contributed by atoms with Crippen molar-refractivity contribution >= 4 is 36.6 Å². The lowest BCUT2D eigenvalue weighted by atomic mass is 9.96. The third-order valence-electron chi connectivity index (χ3n) is 7.05. The van der Waals surface area contributed by atoms with Crippen LogP contribution in [0, 0.1) is 5.82 Å². The highest BCUT2D eigenvalue weighted by atomic mass is 31.2. The van der Waals surface area contributed by atoms with E-state index in [0.717, 1.165) is 6.07 Å². The fraction of sp³-hybridized carbons (Fsp3) is 0.286. The number of hydrogen-bond acceptors (Lipinski definition) is 9. The van der Waals surface area contributed by atoms with Gasteiger partial charge in [-0.05, 0) is 35.7 Å². The average molecular weight is 666 g/mol. The van der Waals surface area contributed by atoms with Gasteiger partial charge in [0.15, 0.2) is 0 Å². The molecular weight excluding hydrogens is 637 g/mol. The molecule has 0 aliphatic carbocycles. The number of nitrogens with zero attached hydrogens (tertiary/aromatic N) is 5. The predicted octanol–water partition coefficient (Wildman–Crippen LogP) is 4.64. The van der Waals surface area contributed by atoms with E-state index in [0.29, 0.717) is 24.7 Å². The Morgan fingerprint density at radius 1 is 1.11 bits per heavy atom. The Hall–Kier alpha value is -4.57. The number of halogens is 4. The molecule has 0 fully saturated rings. The zero-order valence-corrected chi connectivity index (χ0v) is 25.2. The van der Waals surface area contributed by atoms with Gasteiger partial charge in [-0.1, -0.05) is 6.07 Å². The van der Waals surface area contributed by atoms with Crippen LogP contribution in [0.15, 0.2) is 42.9 Å². The molecule has 5 N–H and O–H groups in total. The van der Waals surface area contributed by atoms with E-state index < -0.39 is 43.0 Å². The molecule has 1 aliphatic heterocycles. The van der Waals surface area contributed by atoms with Crippen LogP contribution >= 0.6 is 7.60 Å². The summed E-state index contributed by atoms with van der Waals surface area (Å²) in [7, 11) is -1.62. The zero-order valence-electron chi connectivity index (χ0n) is 24.3. The highest BCUT2D eigenvalue weighted by Crippen LogP contribution is 2.43. The normalized spacial score (nSPS) is 13.2. The van der Waals surface area contributed by atoms with E-state index >= 15 is 4.39 Å². The zero-order chi connectivity index (χ0) is 33.4. The number of amides is 1. The Balaban J connectivity index is 1.54. The van der Waals surface area contributed by atoms with Crippen LogP contribution in [0.2, 0.25) is 0 Å². The van der Waals surface area contributed by atoms with Gasteiger partial charge in [-0.2, -0.15) is 23.3 Å². The summed E-state index contributed by atoms with van der Waals surface area (Å²) in [6.07, 6.45) is -1.60. The van der Waals surface area contributed by atoms with Crippen molar-refractivity contribution in [1.82, 2.24) is 24.6 Å². The number of aliphatic hydroxyl groups excluding tert-OH is 1. The number of ether oxygens (including phenoxy) is 1. The molecule has 46 heavy (non-hydrogen) atoms. The van der Waals surface area contributed by atoms with Gasteiger partial charge in [-0.3, -0.25) is 14.0 Å². The van der Waals surface area contributed by atoms with Crippen LogP contribution in [0.1, 0.15) is 33.5 Å². The number of aromatic nitrogens is 4. The van der Waals surface area contributed by atoms with Crippen molar-refractivity contribution in [2.75, 3.05) is 31.4 Å². The second-order valence-electron chi connectivity index (χ2n) is 10.4. The summed E-state index contributed by atoms with van der Waals surface area (Å²) in [5.74, 6) is -2.35. The maximum absolute atomic E-state index is 15.8. The molecule has 18 heteroatoms. The third-order valence-corrected chi connectivity index (χ3v) is 7.83. The fourth-order valence-corrected chi connectivity index (χ4v) is 5.70. The number of benzene rings is 2. The topological polar surface area (TPSA) is 175 Å². The van der Waals surface area contributed by atoms with Crippen LogP contribution in [0.4, 0.5) is 40.7 Å². The highest BCUT2D eigenvalue weighted by Gasteiger charge is 2.37. The molecule has 4 aromatic rings. The molecule has 0 unspecified atom stereocenters. The van der Waals surface area contributed by atoms with Crippen LogP contribution in [0.3, 0.4) is 0 Å². The van der Waals surface area contributed by atoms with Gasteiger partial charge in [-0.25, -0.2) is 9.37 Å². The van der Waals surface area contributed by atoms with Gasteiger partial charge in [0.25, 0.3) is 5.91 Å². The highest BCUT2D eigenvalue weighted by molar-refractivity contribution is 7.50. The number of fused-ring (bicyclic) bond motifs is 1. The first-order valence-electron chi connectivity index (χ1n) is 13.6. The molecular formula is C28H28F4N7O6P. The smallest absolute Gasteiger partial charge is 0.421 e. The Labute approximate surface area is 259 Å². The van der Waals surface area contributed by atoms with Gasteiger partial charge < -0.3 is 35.2 Å². The van der Waals surface area contributed by atoms with Crippen molar-refractivity contribution in [3.05, 3.63) is 70.9 Å². The van der Waals surface area contributed by atoms with Crippen LogP contribution < -0.4 is 15.4 Å². The molecule has 3 heterocycles. The van der Waals surface area contributed by atoms with E-state index in [4.69, 9.17) is 9.84 Å². The van der Waals surface area contributed by atoms with Gasteiger partial charge in [0, 0.05) is 50.3 Å². The molecule has 0 spiro atoms. The molecule has 0 saturated carbocycles. The molecule has 2 aromatic heterocycles. The van der Waals surface area contributed by atoms with Crippen LogP contribution in [0.25, 0.3) is 11.1 Å². The van der Waals surface area contributed by atoms with Crippen LogP contribution in [-0.4, -0.2) is 66.2 Å². The average Bonchev–Trinajstić information content (AvgIpc) is 3.55. The Bertz CT molecular complexity index is 1850. The van der Waals surface area contributed by atoms with E-state index in [1.807, 2.05) is 0 Å². The molecule has 0 radical (unpaired) electrons. The number of nitrogens with one attached hydrogen (secondary N) is 2. The third kappa shape index (κ3) is 6.97. The number of carbonyl (C=O) groups is 1. The lowest BCUT2D eigenvalue weighted by molar-refractivity contribution is -0.137. The van der Waals surface area contributed by atoms with Crippen molar-refractivity contribution in [3.8, 4) is 16.9 Å². The maximum Gasteiger partial charge on any atom is 0.421 e. The molecule has 13 nitrogen and oxygen atoms in total. The number of aliphatic hydroxyl groups is 1. The number of aryl methyl sites for hydroxylation is 1. The van der Waals surface area contributed by atoms with E-state index in [2.05, 4.69) is 25.7 Å². The van der Waals surface area contributed by atoms with Crippen molar-refractivity contribution in [3.63, 3.8) is 0 Å². The summed E-state index contributed by atoms with van der Waals surface area (Å²) < 4.78 is 76.2. The molecule has 5 rings (SSSR count). The van der Waals surface area contributed by atoms with Crippen molar-refractivity contribution < 1.29 is 46.6 Å². The second-order valence-corrected chi connectivity index (χ2v) is 12.1. The largest absolute Gasteiger partial charge is 0.495 e.